The number of benzene rings is 1. The van der Waals surface area contributed by atoms with Crippen molar-refractivity contribution >= 4 is 22.8 Å². The summed E-state index contributed by atoms with van der Waals surface area (Å²) in [6.45, 7) is 1.95. The molecule has 1 amide bonds. The van der Waals surface area contributed by atoms with Gasteiger partial charge in [0.05, 0.1) is 22.9 Å². The molecule has 8 heteroatoms. The fourth-order valence-electron chi connectivity index (χ4n) is 3.23. The van der Waals surface area contributed by atoms with Gasteiger partial charge in [-0.15, -0.1) is 0 Å². The van der Waals surface area contributed by atoms with Gasteiger partial charge in [0.1, 0.15) is 0 Å². The molecule has 1 aromatic carbocycles. The third-order valence-corrected chi connectivity index (χ3v) is 4.74. The first-order valence-corrected chi connectivity index (χ1v) is 8.16. The number of fused-ring (bicyclic) bond motifs is 1. The lowest BCUT2D eigenvalue weighted by Gasteiger charge is -2.41. The average molecular weight is 345 g/mol. The van der Waals surface area contributed by atoms with Crippen LogP contribution in [0.4, 0.5) is 0 Å². The summed E-state index contributed by atoms with van der Waals surface area (Å²) in [5.41, 5.74) is -1.09. The van der Waals surface area contributed by atoms with Crippen molar-refractivity contribution in [3.8, 4) is 0 Å². The molecule has 132 valence electrons. The normalized spacial score (nSPS) is 15.6. The van der Waals surface area contributed by atoms with E-state index < -0.39 is 28.7 Å². The fourth-order valence-corrected chi connectivity index (χ4v) is 3.23. The number of nitrogens with zero attached hydrogens (tertiary/aromatic N) is 1. The van der Waals surface area contributed by atoms with E-state index in [2.05, 4.69) is 10.3 Å². The van der Waals surface area contributed by atoms with Gasteiger partial charge in [-0.05, 0) is 44.4 Å². The van der Waals surface area contributed by atoms with Gasteiger partial charge < -0.3 is 15.4 Å². The maximum Gasteiger partial charge on any atom is 0.328 e. The number of rotatable bonds is 5. The first kappa shape index (κ1) is 16.9. The van der Waals surface area contributed by atoms with Gasteiger partial charge in [-0.2, -0.15) is 0 Å². The molecule has 0 aliphatic heterocycles. The van der Waals surface area contributed by atoms with Crippen molar-refractivity contribution in [1.82, 2.24) is 14.9 Å². The van der Waals surface area contributed by atoms with E-state index in [4.69, 9.17) is 5.11 Å². The number of carboxylic acids is 1. The maximum atomic E-state index is 12.5. The van der Waals surface area contributed by atoms with Crippen LogP contribution in [0.25, 0.3) is 10.9 Å². The van der Waals surface area contributed by atoms with E-state index in [0.29, 0.717) is 18.2 Å². The highest BCUT2D eigenvalue weighted by Crippen LogP contribution is 2.35. The number of amides is 1. The Morgan fingerprint density at radius 1 is 1.32 bits per heavy atom. The minimum Gasteiger partial charge on any atom is -0.481 e. The second-order valence-corrected chi connectivity index (χ2v) is 6.40. The van der Waals surface area contributed by atoms with Gasteiger partial charge in [0, 0.05) is 12.1 Å². The molecule has 0 bridgehead atoms. The minimum atomic E-state index is -0.956. The molecule has 0 radical (unpaired) electrons. The highest BCUT2D eigenvalue weighted by Gasteiger charge is 2.40. The molecule has 1 aliphatic rings. The Bertz CT molecular complexity index is 968. The molecule has 3 N–H and O–H groups in total. The number of H-pyrrole nitrogens is 1. The lowest BCUT2D eigenvalue weighted by molar-refractivity contribution is -0.139. The van der Waals surface area contributed by atoms with E-state index >= 15 is 0 Å². The Morgan fingerprint density at radius 2 is 2.04 bits per heavy atom. The molecule has 1 saturated carbocycles. The summed E-state index contributed by atoms with van der Waals surface area (Å²) in [6, 6.07) is 4.45. The molecule has 0 unspecified atom stereocenters. The molecule has 25 heavy (non-hydrogen) atoms. The lowest BCUT2D eigenvalue weighted by Crippen LogP contribution is -2.54. The quantitative estimate of drug-likeness (QED) is 0.741. The minimum absolute atomic E-state index is 0.121. The summed E-state index contributed by atoms with van der Waals surface area (Å²) in [6.07, 6.45) is 1.99. The maximum absolute atomic E-state index is 12.5. The monoisotopic (exact) mass is 345 g/mol. The van der Waals surface area contributed by atoms with Crippen molar-refractivity contribution in [1.29, 1.82) is 0 Å². The molecule has 1 heterocycles. The molecular formula is C17H19N3O5. The molecule has 1 aromatic heterocycles. The molecule has 8 nitrogen and oxygen atoms in total. The zero-order chi connectivity index (χ0) is 18.2. The Kier molecular flexibility index (Phi) is 4.20. The van der Waals surface area contributed by atoms with Gasteiger partial charge in [0.25, 0.3) is 11.5 Å². The van der Waals surface area contributed by atoms with Crippen LogP contribution in [0.2, 0.25) is 0 Å². The Hall–Kier alpha value is -2.90. The molecule has 1 aliphatic carbocycles. The number of hydrogen-bond acceptors (Lipinski definition) is 4. The van der Waals surface area contributed by atoms with Crippen LogP contribution in [-0.2, 0) is 11.3 Å². The average Bonchev–Trinajstić information content (AvgIpc) is 2.52. The third-order valence-electron chi connectivity index (χ3n) is 4.74. The number of carbonyl (C=O) groups excluding carboxylic acids is 1. The molecule has 0 saturated heterocycles. The van der Waals surface area contributed by atoms with Crippen molar-refractivity contribution in [2.24, 2.45) is 0 Å². The van der Waals surface area contributed by atoms with E-state index in [9.17, 15) is 19.2 Å². The summed E-state index contributed by atoms with van der Waals surface area (Å²) in [5.74, 6) is -1.37. The van der Waals surface area contributed by atoms with Gasteiger partial charge in [0.2, 0.25) is 0 Å². The summed E-state index contributed by atoms with van der Waals surface area (Å²) < 4.78 is 1.08. The summed E-state index contributed by atoms with van der Waals surface area (Å²) in [5, 5.41) is 12.1. The van der Waals surface area contributed by atoms with Gasteiger partial charge in [-0.25, -0.2) is 4.79 Å². The third kappa shape index (κ3) is 3.07. The number of carboxylic acid groups (broad SMARTS) is 1. The molecule has 0 spiro atoms. The number of aromatic nitrogens is 2. The smallest absolute Gasteiger partial charge is 0.328 e. The largest absolute Gasteiger partial charge is 0.481 e. The predicted molar refractivity (Wildman–Crippen MR) is 90.8 cm³/mol. The second-order valence-electron chi connectivity index (χ2n) is 6.40. The van der Waals surface area contributed by atoms with Gasteiger partial charge in [-0.3, -0.25) is 19.0 Å². The number of aliphatic carboxylic acids is 1. The zero-order valence-corrected chi connectivity index (χ0v) is 13.8. The van der Waals surface area contributed by atoms with Crippen molar-refractivity contribution in [2.75, 3.05) is 0 Å². The fraction of sp³-hybridized carbons (Fsp3) is 0.412. The van der Waals surface area contributed by atoms with Crippen LogP contribution in [0.15, 0.2) is 27.8 Å². The Labute approximate surface area is 142 Å². The van der Waals surface area contributed by atoms with Crippen LogP contribution >= 0.6 is 0 Å². The summed E-state index contributed by atoms with van der Waals surface area (Å²) >= 11 is 0. The molecule has 3 rings (SSSR count). The number of hydrogen-bond donors (Lipinski definition) is 3. The first-order chi connectivity index (χ1) is 11.8. The van der Waals surface area contributed by atoms with Crippen LogP contribution in [0, 0.1) is 0 Å². The number of nitrogens with one attached hydrogen (secondary N) is 2. The van der Waals surface area contributed by atoms with Crippen LogP contribution in [0.3, 0.4) is 0 Å². The SMILES string of the molecule is CCn1c(=O)[nH]c2cc(C(=O)NC3(CC(=O)O)CCC3)ccc2c1=O. The highest BCUT2D eigenvalue weighted by molar-refractivity contribution is 5.98. The number of aromatic amines is 1. The molecule has 0 atom stereocenters. The predicted octanol–water partition coefficient (Wildman–Crippen LogP) is 0.837. The van der Waals surface area contributed by atoms with Crippen molar-refractivity contribution in [2.45, 2.75) is 44.7 Å². The topological polar surface area (TPSA) is 121 Å². The highest BCUT2D eigenvalue weighted by atomic mass is 16.4. The summed E-state index contributed by atoms with van der Waals surface area (Å²) in [4.78, 5) is 50.3. The van der Waals surface area contributed by atoms with Crippen LogP contribution < -0.4 is 16.6 Å². The molecular weight excluding hydrogens is 326 g/mol. The summed E-state index contributed by atoms with van der Waals surface area (Å²) in [7, 11) is 0. The van der Waals surface area contributed by atoms with Crippen molar-refractivity contribution in [3.63, 3.8) is 0 Å². The van der Waals surface area contributed by atoms with Crippen LogP contribution in [0.5, 0.6) is 0 Å². The molecule has 2 aromatic rings. The van der Waals surface area contributed by atoms with Gasteiger partial charge in [0.15, 0.2) is 0 Å². The Balaban J connectivity index is 1.94. The van der Waals surface area contributed by atoms with Crippen molar-refractivity contribution < 1.29 is 14.7 Å². The lowest BCUT2D eigenvalue weighted by atomic mass is 9.74. The second kappa shape index (κ2) is 6.19. The van der Waals surface area contributed by atoms with E-state index in [1.54, 1.807) is 6.92 Å². The number of carbonyl (C=O) groups is 2. The zero-order valence-electron chi connectivity index (χ0n) is 13.8. The Morgan fingerprint density at radius 3 is 2.60 bits per heavy atom. The van der Waals surface area contributed by atoms with E-state index in [1.807, 2.05) is 0 Å². The van der Waals surface area contributed by atoms with Crippen molar-refractivity contribution in [3.05, 3.63) is 44.6 Å². The van der Waals surface area contributed by atoms with Gasteiger partial charge >= 0.3 is 11.7 Å². The van der Waals surface area contributed by atoms with Crippen LogP contribution in [0.1, 0.15) is 43.0 Å². The first-order valence-electron chi connectivity index (χ1n) is 8.16. The van der Waals surface area contributed by atoms with E-state index in [0.717, 1.165) is 11.0 Å². The van der Waals surface area contributed by atoms with Crippen LogP contribution in [-0.4, -0.2) is 32.1 Å². The van der Waals surface area contributed by atoms with E-state index in [-0.39, 0.29) is 24.0 Å². The molecule has 1 fully saturated rings. The standard InChI is InChI=1S/C17H19N3O5/c1-2-20-15(24)11-5-4-10(8-12(11)18-16(20)25)14(23)19-17(6-3-7-17)9-13(21)22/h4-5,8H,2-3,6-7,9H2,1H3,(H,18,25)(H,19,23)(H,21,22). The van der Waals surface area contributed by atoms with E-state index in [1.165, 1.54) is 18.2 Å². The van der Waals surface area contributed by atoms with Gasteiger partial charge in [-0.1, -0.05) is 0 Å².